The Balaban J connectivity index is 1.60. The Labute approximate surface area is 174 Å². The fourth-order valence-corrected chi connectivity index (χ4v) is 3.89. The van der Waals surface area contributed by atoms with Crippen molar-refractivity contribution in [2.24, 2.45) is 0 Å². The average Bonchev–Trinajstić information content (AvgIpc) is 3.10. The fraction of sp³-hybridized carbons (Fsp3) is 0.304. The molecule has 2 aromatic carbocycles. The molecular weight excluding hydrogens is 385 g/mol. The number of amides is 1. The number of hydrogen-bond donors (Lipinski definition) is 2. The van der Waals surface area contributed by atoms with Crippen LogP contribution in [0.3, 0.4) is 0 Å². The number of hydrogen-bond acceptors (Lipinski definition) is 4. The molecule has 0 saturated carbocycles. The number of benzene rings is 2. The van der Waals surface area contributed by atoms with Crippen molar-refractivity contribution in [3.05, 3.63) is 65.1 Å². The number of esters is 1. The Morgan fingerprint density at radius 1 is 1.23 bits per heavy atom. The SMILES string of the molecule is CCOC(=O)c1[nH]c2ccc(F)cc2c1NC(=O)[C@@H](C)N1CCc2ccccc2C1. The van der Waals surface area contributed by atoms with Crippen molar-refractivity contribution in [3.8, 4) is 0 Å². The Morgan fingerprint density at radius 2 is 2.00 bits per heavy atom. The van der Waals surface area contributed by atoms with Crippen molar-refractivity contribution in [2.75, 3.05) is 18.5 Å². The molecule has 0 saturated heterocycles. The second-order valence-corrected chi connectivity index (χ2v) is 7.44. The molecule has 6 nitrogen and oxygen atoms in total. The number of carbonyl (C=O) groups is 2. The summed E-state index contributed by atoms with van der Waals surface area (Å²) in [5.74, 6) is -1.30. The Bertz CT molecular complexity index is 1110. The number of carbonyl (C=O) groups excluding carboxylic acids is 2. The van der Waals surface area contributed by atoms with E-state index in [-0.39, 0.29) is 23.9 Å². The van der Waals surface area contributed by atoms with E-state index >= 15 is 0 Å². The second kappa shape index (κ2) is 8.28. The number of anilines is 1. The lowest BCUT2D eigenvalue weighted by Crippen LogP contribution is -2.44. The van der Waals surface area contributed by atoms with Gasteiger partial charge in [0.15, 0.2) is 0 Å². The van der Waals surface area contributed by atoms with Gasteiger partial charge in [-0.1, -0.05) is 24.3 Å². The van der Waals surface area contributed by atoms with Crippen molar-refractivity contribution in [1.82, 2.24) is 9.88 Å². The van der Waals surface area contributed by atoms with E-state index < -0.39 is 17.8 Å². The number of nitrogens with one attached hydrogen (secondary N) is 2. The highest BCUT2D eigenvalue weighted by molar-refractivity contribution is 6.11. The average molecular weight is 409 g/mol. The largest absolute Gasteiger partial charge is 0.461 e. The van der Waals surface area contributed by atoms with E-state index in [1.54, 1.807) is 6.92 Å². The van der Waals surface area contributed by atoms with Crippen LogP contribution < -0.4 is 5.32 Å². The summed E-state index contributed by atoms with van der Waals surface area (Å²) in [6.07, 6.45) is 0.875. The van der Waals surface area contributed by atoms with Crippen LogP contribution in [0.25, 0.3) is 10.9 Å². The predicted octanol–water partition coefficient (Wildman–Crippen LogP) is 3.87. The number of ether oxygens (including phenoxy) is 1. The third-order valence-electron chi connectivity index (χ3n) is 5.58. The molecule has 1 aliphatic rings. The van der Waals surface area contributed by atoms with Gasteiger partial charge in [-0.05, 0) is 49.6 Å². The van der Waals surface area contributed by atoms with Crippen LogP contribution in [0.2, 0.25) is 0 Å². The molecule has 0 radical (unpaired) electrons. The summed E-state index contributed by atoms with van der Waals surface area (Å²) in [4.78, 5) is 30.5. The maximum atomic E-state index is 13.9. The van der Waals surface area contributed by atoms with E-state index in [1.165, 1.54) is 29.3 Å². The van der Waals surface area contributed by atoms with Crippen LogP contribution in [-0.2, 0) is 22.5 Å². The van der Waals surface area contributed by atoms with Gasteiger partial charge in [-0.2, -0.15) is 0 Å². The number of fused-ring (bicyclic) bond motifs is 2. The highest BCUT2D eigenvalue weighted by atomic mass is 19.1. The summed E-state index contributed by atoms with van der Waals surface area (Å²) in [6.45, 7) is 5.17. The van der Waals surface area contributed by atoms with E-state index in [0.29, 0.717) is 17.4 Å². The number of nitrogens with zero attached hydrogens (tertiary/aromatic N) is 1. The molecule has 1 aliphatic heterocycles. The Hall–Kier alpha value is -3.19. The molecule has 7 heteroatoms. The second-order valence-electron chi connectivity index (χ2n) is 7.44. The van der Waals surface area contributed by atoms with Crippen LogP contribution in [-0.4, -0.2) is 41.0 Å². The van der Waals surface area contributed by atoms with Crippen molar-refractivity contribution in [3.63, 3.8) is 0 Å². The molecule has 4 rings (SSSR count). The van der Waals surface area contributed by atoms with E-state index in [1.807, 2.05) is 19.1 Å². The van der Waals surface area contributed by atoms with Crippen LogP contribution in [0.4, 0.5) is 10.1 Å². The Kier molecular flexibility index (Phi) is 5.55. The summed E-state index contributed by atoms with van der Waals surface area (Å²) in [7, 11) is 0. The van der Waals surface area contributed by atoms with E-state index in [4.69, 9.17) is 4.74 Å². The molecule has 1 aromatic heterocycles. The molecule has 30 heavy (non-hydrogen) atoms. The van der Waals surface area contributed by atoms with Crippen LogP contribution >= 0.6 is 0 Å². The van der Waals surface area contributed by atoms with Gasteiger partial charge in [0, 0.05) is 24.0 Å². The molecule has 2 heterocycles. The lowest BCUT2D eigenvalue weighted by Gasteiger charge is -2.32. The molecule has 0 fully saturated rings. The Morgan fingerprint density at radius 3 is 2.77 bits per heavy atom. The fourth-order valence-electron chi connectivity index (χ4n) is 3.89. The first-order chi connectivity index (χ1) is 14.5. The highest BCUT2D eigenvalue weighted by Crippen LogP contribution is 2.30. The first-order valence-electron chi connectivity index (χ1n) is 10.1. The molecule has 3 aromatic rings. The van der Waals surface area contributed by atoms with Crippen molar-refractivity contribution < 1.29 is 18.7 Å². The van der Waals surface area contributed by atoms with Gasteiger partial charge in [0.1, 0.15) is 11.5 Å². The lowest BCUT2D eigenvalue weighted by molar-refractivity contribution is -0.121. The number of H-pyrrole nitrogens is 1. The third kappa shape index (κ3) is 3.80. The zero-order chi connectivity index (χ0) is 21.3. The summed E-state index contributed by atoms with van der Waals surface area (Å²) in [6, 6.07) is 11.9. The first kappa shape index (κ1) is 20.1. The molecular formula is C23H24FN3O3. The van der Waals surface area contributed by atoms with Gasteiger partial charge in [-0.3, -0.25) is 9.69 Å². The standard InChI is InChI=1S/C23H24FN3O3/c1-3-30-23(29)21-20(18-12-17(24)8-9-19(18)25-21)26-22(28)14(2)27-11-10-15-6-4-5-7-16(15)13-27/h4-9,12,14,25H,3,10-11,13H2,1-2H3,(H,26,28)/t14-/m1/s1. The number of halogens is 1. The summed E-state index contributed by atoms with van der Waals surface area (Å²) < 4.78 is 19.0. The van der Waals surface area contributed by atoms with Gasteiger partial charge in [-0.15, -0.1) is 0 Å². The highest BCUT2D eigenvalue weighted by Gasteiger charge is 2.28. The zero-order valence-corrected chi connectivity index (χ0v) is 17.0. The molecule has 0 bridgehead atoms. The van der Waals surface area contributed by atoms with E-state index in [0.717, 1.165) is 13.0 Å². The van der Waals surface area contributed by atoms with Gasteiger partial charge >= 0.3 is 5.97 Å². The molecule has 0 spiro atoms. The van der Waals surface area contributed by atoms with Gasteiger partial charge in [0.2, 0.25) is 5.91 Å². The zero-order valence-electron chi connectivity index (χ0n) is 17.0. The predicted molar refractivity (Wildman–Crippen MR) is 113 cm³/mol. The van der Waals surface area contributed by atoms with Crippen LogP contribution in [0.5, 0.6) is 0 Å². The number of aromatic nitrogens is 1. The molecule has 1 amide bonds. The summed E-state index contributed by atoms with van der Waals surface area (Å²) in [5, 5.41) is 3.27. The van der Waals surface area contributed by atoms with Gasteiger partial charge in [0.25, 0.3) is 0 Å². The third-order valence-corrected chi connectivity index (χ3v) is 5.58. The molecule has 1 atom stereocenters. The topological polar surface area (TPSA) is 74.4 Å². The van der Waals surface area contributed by atoms with Gasteiger partial charge in [0.05, 0.1) is 18.3 Å². The normalized spacial score (nSPS) is 14.9. The minimum Gasteiger partial charge on any atom is -0.461 e. The molecule has 156 valence electrons. The molecule has 0 unspecified atom stereocenters. The minimum absolute atomic E-state index is 0.113. The lowest BCUT2D eigenvalue weighted by atomic mass is 9.98. The summed E-state index contributed by atoms with van der Waals surface area (Å²) >= 11 is 0. The van der Waals surface area contributed by atoms with Gasteiger partial charge in [-0.25, -0.2) is 9.18 Å². The number of rotatable bonds is 5. The van der Waals surface area contributed by atoms with Crippen LogP contribution in [0.15, 0.2) is 42.5 Å². The van der Waals surface area contributed by atoms with Crippen molar-refractivity contribution in [2.45, 2.75) is 32.9 Å². The van der Waals surface area contributed by atoms with E-state index in [2.05, 4.69) is 27.3 Å². The minimum atomic E-state index is -0.594. The van der Waals surface area contributed by atoms with Gasteiger partial charge < -0.3 is 15.0 Å². The smallest absolute Gasteiger partial charge is 0.356 e. The molecule has 0 aliphatic carbocycles. The van der Waals surface area contributed by atoms with Crippen molar-refractivity contribution in [1.29, 1.82) is 0 Å². The van der Waals surface area contributed by atoms with Crippen LogP contribution in [0.1, 0.15) is 35.5 Å². The first-order valence-corrected chi connectivity index (χ1v) is 10.1. The van der Waals surface area contributed by atoms with Crippen molar-refractivity contribution >= 4 is 28.5 Å². The molecule has 2 N–H and O–H groups in total. The quantitative estimate of drug-likeness (QED) is 0.628. The maximum absolute atomic E-state index is 13.9. The summed E-state index contributed by atoms with van der Waals surface area (Å²) in [5.41, 5.74) is 3.43. The monoisotopic (exact) mass is 409 g/mol. The maximum Gasteiger partial charge on any atom is 0.356 e. The number of aromatic amines is 1. The van der Waals surface area contributed by atoms with E-state index in [9.17, 15) is 14.0 Å². The van der Waals surface area contributed by atoms with Crippen LogP contribution in [0, 0.1) is 5.82 Å².